The average Bonchev–Trinajstić information content (AvgIpc) is 2.44. The van der Waals surface area contributed by atoms with E-state index in [1.165, 1.54) is 0 Å². The molecule has 1 aromatic rings. The van der Waals surface area contributed by atoms with Crippen molar-refractivity contribution < 1.29 is 29.6 Å². The molecule has 4 N–H and O–H groups in total. The lowest BCUT2D eigenvalue weighted by Gasteiger charge is -2.21. The lowest BCUT2D eigenvalue weighted by atomic mass is 10.0. The molecule has 1 rings (SSSR count). The summed E-state index contributed by atoms with van der Waals surface area (Å²) in [6, 6.07) is 1.15. The largest absolute Gasteiger partial charge is 0.478 e. The fraction of sp³-hybridized carbons (Fsp3) is 0.533. The van der Waals surface area contributed by atoms with Gasteiger partial charge < -0.3 is 25.4 Å². The van der Waals surface area contributed by atoms with Gasteiger partial charge in [-0.3, -0.25) is 0 Å². The van der Waals surface area contributed by atoms with Crippen LogP contribution >= 0.6 is 11.6 Å². The van der Waals surface area contributed by atoms with Crippen LogP contribution in [0, 0.1) is 0 Å². The summed E-state index contributed by atoms with van der Waals surface area (Å²) >= 11 is 5.83. The average molecular weight is 361 g/mol. The number of pyridine rings is 1. The van der Waals surface area contributed by atoms with Crippen molar-refractivity contribution in [3.63, 3.8) is 0 Å². The summed E-state index contributed by atoms with van der Waals surface area (Å²) < 4.78 is 5.04. The molecule has 0 radical (unpaired) electrons. The zero-order valence-corrected chi connectivity index (χ0v) is 14.4. The quantitative estimate of drug-likeness (QED) is 0.568. The Balaban J connectivity index is 2.62. The van der Waals surface area contributed by atoms with E-state index < -0.39 is 29.9 Å². The SMILES string of the molecule is CC(C)(C)OC(=O)NCCC(O)C(O)c1cc(C(=O)O)cnc1Cl. The second kappa shape index (κ2) is 8.27. The van der Waals surface area contributed by atoms with E-state index in [1.54, 1.807) is 20.8 Å². The third-order valence-corrected chi connectivity index (χ3v) is 3.22. The Hall–Kier alpha value is -1.90. The minimum atomic E-state index is -1.44. The molecule has 1 amide bonds. The van der Waals surface area contributed by atoms with Crippen LogP contribution in [0.5, 0.6) is 0 Å². The van der Waals surface area contributed by atoms with Crippen LogP contribution in [0.25, 0.3) is 0 Å². The normalized spacial score (nSPS) is 13.9. The number of nitrogens with zero attached hydrogens (tertiary/aromatic N) is 1. The standard InChI is InChI=1S/C15H21ClN2O6/c1-15(2,3)24-14(23)17-5-4-10(19)11(20)9-6-8(13(21)22)7-18-12(9)16/h6-7,10-11,19-20H,4-5H2,1-3H3,(H,17,23)(H,21,22). The molecule has 134 valence electrons. The van der Waals surface area contributed by atoms with Gasteiger partial charge in [0.15, 0.2) is 0 Å². The molecule has 0 fully saturated rings. The molecule has 0 aromatic carbocycles. The number of halogens is 1. The Bertz CT molecular complexity index is 602. The Morgan fingerprint density at radius 3 is 2.54 bits per heavy atom. The summed E-state index contributed by atoms with van der Waals surface area (Å²) in [6.45, 7) is 5.21. The maximum atomic E-state index is 11.5. The number of aliphatic hydroxyl groups is 2. The number of amides is 1. The van der Waals surface area contributed by atoms with Crippen molar-refractivity contribution in [1.82, 2.24) is 10.3 Å². The van der Waals surface area contributed by atoms with Gasteiger partial charge in [0.1, 0.15) is 16.9 Å². The highest BCUT2D eigenvalue weighted by Crippen LogP contribution is 2.25. The van der Waals surface area contributed by atoms with E-state index in [2.05, 4.69) is 10.3 Å². The zero-order chi connectivity index (χ0) is 18.5. The summed E-state index contributed by atoms with van der Waals surface area (Å²) in [5.74, 6) is -1.23. The predicted octanol–water partition coefficient (Wildman–Crippen LogP) is 1.74. The van der Waals surface area contributed by atoms with E-state index in [0.717, 1.165) is 12.3 Å². The highest BCUT2D eigenvalue weighted by molar-refractivity contribution is 6.30. The molecule has 8 nitrogen and oxygen atoms in total. The summed E-state index contributed by atoms with van der Waals surface area (Å²) in [5.41, 5.74) is -0.799. The molecular formula is C15H21ClN2O6. The molecular weight excluding hydrogens is 340 g/mol. The van der Waals surface area contributed by atoms with E-state index in [4.69, 9.17) is 21.4 Å². The van der Waals surface area contributed by atoms with E-state index >= 15 is 0 Å². The van der Waals surface area contributed by atoms with Gasteiger partial charge >= 0.3 is 12.1 Å². The number of hydrogen-bond donors (Lipinski definition) is 4. The van der Waals surface area contributed by atoms with Crippen LogP contribution in [0.15, 0.2) is 12.3 Å². The van der Waals surface area contributed by atoms with Crippen molar-refractivity contribution in [3.8, 4) is 0 Å². The Labute approximate surface area is 144 Å². The number of carboxylic acid groups (broad SMARTS) is 1. The van der Waals surface area contributed by atoms with Crippen molar-refractivity contribution >= 4 is 23.7 Å². The third-order valence-electron chi connectivity index (χ3n) is 2.90. The number of nitrogens with one attached hydrogen (secondary N) is 1. The monoisotopic (exact) mass is 360 g/mol. The summed E-state index contributed by atoms with van der Waals surface area (Å²) in [4.78, 5) is 26.1. The van der Waals surface area contributed by atoms with Gasteiger partial charge in [0.2, 0.25) is 0 Å². The topological polar surface area (TPSA) is 129 Å². The minimum absolute atomic E-state index is 0.00124. The second-order valence-electron chi connectivity index (χ2n) is 6.14. The lowest BCUT2D eigenvalue weighted by Crippen LogP contribution is -2.34. The third kappa shape index (κ3) is 6.31. The van der Waals surface area contributed by atoms with Gasteiger partial charge in [-0.2, -0.15) is 0 Å². The first-order valence-electron chi connectivity index (χ1n) is 7.23. The number of carbonyl (C=O) groups is 2. The number of ether oxygens (including phenoxy) is 1. The molecule has 0 bridgehead atoms. The van der Waals surface area contributed by atoms with Crippen LogP contribution in [0.1, 0.15) is 49.2 Å². The van der Waals surface area contributed by atoms with Gasteiger partial charge in [0, 0.05) is 18.3 Å². The fourth-order valence-corrected chi connectivity index (χ4v) is 2.01. The number of hydrogen-bond acceptors (Lipinski definition) is 6. The Morgan fingerprint density at radius 2 is 2.00 bits per heavy atom. The van der Waals surface area contributed by atoms with Crippen molar-refractivity contribution in [1.29, 1.82) is 0 Å². The molecule has 1 aromatic heterocycles. The number of rotatable bonds is 6. The van der Waals surface area contributed by atoms with Crippen molar-refractivity contribution in [3.05, 3.63) is 28.5 Å². The van der Waals surface area contributed by atoms with Crippen LogP contribution in [0.2, 0.25) is 5.15 Å². The van der Waals surface area contributed by atoms with E-state index in [9.17, 15) is 19.8 Å². The number of alkyl carbamates (subject to hydrolysis) is 1. The van der Waals surface area contributed by atoms with Crippen molar-refractivity contribution in [2.45, 2.75) is 45.0 Å². The molecule has 0 spiro atoms. The van der Waals surface area contributed by atoms with Crippen LogP contribution < -0.4 is 5.32 Å². The highest BCUT2D eigenvalue weighted by Gasteiger charge is 2.23. The molecule has 24 heavy (non-hydrogen) atoms. The number of aromatic nitrogens is 1. The molecule has 0 aliphatic heterocycles. The van der Waals surface area contributed by atoms with Gasteiger partial charge in [-0.15, -0.1) is 0 Å². The van der Waals surface area contributed by atoms with E-state index in [0.29, 0.717) is 0 Å². The molecule has 2 unspecified atom stereocenters. The van der Waals surface area contributed by atoms with Crippen LogP contribution in [0.4, 0.5) is 4.79 Å². The van der Waals surface area contributed by atoms with Gasteiger partial charge in [-0.1, -0.05) is 11.6 Å². The Morgan fingerprint density at radius 1 is 1.38 bits per heavy atom. The predicted molar refractivity (Wildman–Crippen MR) is 86.0 cm³/mol. The molecule has 0 aliphatic carbocycles. The van der Waals surface area contributed by atoms with E-state index in [1.807, 2.05) is 0 Å². The molecule has 0 saturated carbocycles. The second-order valence-corrected chi connectivity index (χ2v) is 6.50. The fourth-order valence-electron chi connectivity index (χ4n) is 1.79. The number of carbonyl (C=O) groups excluding carboxylic acids is 1. The maximum Gasteiger partial charge on any atom is 0.407 e. The minimum Gasteiger partial charge on any atom is -0.478 e. The highest BCUT2D eigenvalue weighted by atomic mass is 35.5. The Kier molecular flexibility index (Phi) is 6.94. The molecule has 2 atom stereocenters. The first kappa shape index (κ1) is 20.1. The smallest absolute Gasteiger partial charge is 0.407 e. The van der Waals surface area contributed by atoms with Crippen LogP contribution in [-0.2, 0) is 4.74 Å². The molecule has 0 aliphatic rings. The first-order chi connectivity index (χ1) is 11.0. The van der Waals surface area contributed by atoms with Gasteiger partial charge in [0.25, 0.3) is 0 Å². The number of carboxylic acids is 1. The van der Waals surface area contributed by atoms with Crippen LogP contribution in [-0.4, -0.2) is 50.6 Å². The van der Waals surface area contributed by atoms with Crippen molar-refractivity contribution in [2.75, 3.05) is 6.54 Å². The van der Waals surface area contributed by atoms with Crippen molar-refractivity contribution in [2.24, 2.45) is 0 Å². The molecule has 9 heteroatoms. The van der Waals surface area contributed by atoms with Gasteiger partial charge in [0.05, 0.1) is 11.7 Å². The lowest BCUT2D eigenvalue weighted by molar-refractivity contribution is 0.0121. The summed E-state index contributed by atoms with van der Waals surface area (Å²) in [6.07, 6.45) is -2.30. The molecule has 1 heterocycles. The van der Waals surface area contributed by atoms with E-state index in [-0.39, 0.29) is 29.2 Å². The summed E-state index contributed by atoms with van der Waals surface area (Å²) in [7, 11) is 0. The molecule has 0 saturated heterocycles. The first-order valence-corrected chi connectivity index (χ1v) is 7.61. The summed E-state index contributed by atoms with van der Waals surface area (Å²) in [5, 5.41) is 31.4. The zero-order valence-electron chi connectivity index (χ0n) is 13.6. The maximum absolute atomic E-state index is 11.5. The van der Waals surface area contributed by atoms with Gasteiger partial charge in [-0.05, 0) is 33.3 Å². The number of aromatic carboxylic acids is 1. The number of aliphatic hydroxyl groups excluding tert-OH is 2. The van der Waals surface area contributed by atoms with Crippen LogP contribution in [0.3, 0.4) is 0 Å². The van der Waals surface area contributed by atoms with Gasteiger partial charge in [-0.25, -0.2) is 14.6 Å².